The van der Waals surface area contributed by atoms with Crippen molar-refractivity contribution in [3.05, 3.63) is 218 Å². The Morgan fingerprint density at radius 1 is 0.214 bits per heavy atom. The molecule has 0 aliphatic heterocycles. The molecule has 0 radical (unpaired) electrons. The first-order chi connectivity index (χ1) is 34.6. The van der Waals surface area contributed by atoms with Crippen LogP contribution in [0.5, 0.6) is 34.5 Å². The van der Waals surface area contributed by atoms with E-state index in [0.29, 0.717) is 34.5 Å². The predicted octanol–water partition coefficient (Wildman–Crippen LogP) is 17.4. The Labute approximate surface area is 406 Å². The van der Waals surface area contributed by atoms with E-state index in [1.54, 1.807) is 21.3 Å². The number of ether oxygens (including phenoxy) is 3. The van der Waals surface area contributed by atoms with E-state index >= 15 is 0 Å². The zero-order chi connectivity index (χ0) is 47.1. The highest BCUT2D eigenvalue weighted by Gasteiger charge is 2.30. The zero-order valence-corrected chi connectivity index (χ0v) is 39.6. The van der Waals surface area contributed by atoms with E-state index in [4.69, 9.17) is 27.8 Å². The second kappa shape index (κ2) is 18.2. The van der Waals surface area contributed by atoms with Crippen molar-refractivity contribution in [2.24, 2.45) is 0 Å². The van der Waals surface area contributed by atoms with Crippen molar-refractivity contribution in [3.8, 4) is 67.9 Å². The summed E-state index contributed by atoms with van der Waals surface area (Å²) < 4.78 is 41.0. The van der Waals surface area contributed by atoms with Crippen LogP contribution in [0.3, 0.4) is 0 Å². The molecule has 0 heterocycles. The van der Waals surface area contributed by atoms with Crippen LogP contribution in [-0.4, -0.2) is 21.3 Å². The molecule has 0 N–H and O–H groups in total. The molecule has 0 atom stereocenters. The minimum atomic E-state index is -2.37. The van der Waals surface area contributed by atoms with Gasteiger partial charge in [-0.2, -0.15) is 0 Å². The van der Waals surface area contributed by atoms with Gasteiger partial charge in [-0.1, -0.05) is 182 Å². The highest BCUT2D eigenvalue weighted by atomic mass is 31.2. The van der Waals surface area contributed by atoms with Gasteiger partial charge in [-0.15, -0.1) is 0 Å². The third kappa shape index (κ3) is 7.41. The largest absolute Gasteiger partial charge is 0.530 e. The molecule has 0 spiro atoms. The molecule has 0 amide bonds. The molecule has 0 aliphatic carbocycles. The predicted molar refractivity (Wildman–Crippen MR) is 289 cm³/mol. The molecule has 70 heavy (non-hydrogen) atoms. The maximum atomic E-state index is 7.46. The monoisotopic (exact) mass is 928 g/mol. The van der Waals surface area contributed by atoms with Crippen molar-refractivity contribution in [3.63, 3.8) is 0 Å². The Balaban J connectivity index is 1.13. The molecule has 7 heteroatoms. The van der Waals surface area contributed by atoms with E-state index in [9.17, 15) is 0 Å². The Morgan fingerprint density at radius 3 is 0.614 bits per heavy atom. The van der Waals surface area contributed by atoms with Gasteiger partial charge < -0.3 is 27.8 Å². The van der Waals surface area contributed by atoms with E-state index < -0.39 is 8.60 Å². The van der Waals surface area contributed by atoms with Crippen LogP contribution in [0, 0.1) is 0 Å². The van der Waals surface area contributed by atoms with Crippen LogP contribution in [-0.2, 0) is 0 Å². The van der Waals surface area contributed by atoms with E-state index in [1.165, 1.54) is 0 Å². The summed E-state index contributed by atoms with van der Waals surface area (Å²) in [6.45, 7) is 0. The molecular weight excluding hydrogens is 884 g/mol. The summed E-state index contributed by atoms with van der Waals surface area (Å²) in [4.78, 5) is 0. The number of hydrogen-bond acceptors (Lipinski definition) is 6. The number of hydrogen-bond donors (Lipinski definition) is 0. The van der Waals surface area contributed by atoms with Gasteiger partial charge in [0, 0.05) is 33.4 Å². The first-order valence-corrected chi connectivity index (χ1v) is 24.3. The lowest BCUT2D eigenvalue weighted by Gasteiger charge is -2.25. The molecule has 12 aromatic rings. The first-order valence-electron chi connectivity index (χ1n) is 23.2. The van der Waals surface area contributed by atoms with Gasteiger partial charge in [0.2, 0.25) is 0 Å². The fourth-order valence-electron chi connectivity index (χ4n) is 10.1. The molecular formula is C63H45O6P. The molecule has 0 aromatic heterocycles. The molecule has 0 bridgehead atoms. The smallest absolute Gasteiger partial charge is 0.496 e. The summed E-state index contributed by atoms with van der Waals surface area (Å²) in [7, 11) is 2.77. The second-order valence-electron chi connectivity index (χ2n) is 17.1. The average molecular weight is 929 g/mol. The minimum absolute atomic E-state index is 0.564. The average Bonchev–Trinajstić information content (AvgIpc) is 3.42. The molecule has 338 valence electrons. The lowest BCUT2D eigenvalue weighted by molar-refractivity contribution is 0.389. The topological polar surface area (TPSA) is 55.4 Å². The van der Waals surface area contributed by atoms with Crippen molar-refractivity contribution in [1.29, 1.82) is 0 Å². The van der Waals surface area contributed by atoms with Crippen LogP contribution in [0.25, 0.3) is 98.0 Å². The second-order valence-corrected chi connectivity index (χ2v) is 18.1. The van der Waals surface area contributed by atoms with Gasteiger partial charge in [0.15, 0.2) is 0 Å². The lowest BCUT2D eigenvalue weighted by Crippen LogP contribution is -2.06. The van der Waals surface area contributed by atoms with E-state index in [1.807, 2.05) is 36.4 Å². The van der Waals surface area contributed by atoms with Gasteiger partial charge >= 0.3 is 8.60 Å². The summed E-state index contributed by atoms with van der Waals surface area (Å²) in [6.07, 6.45) is 0. The van der Waals surface area contributed by atoms with Crippen LogP contribution < -0.4 is 27.8 Å². The highest BCUT2D eigenvalue weighted by Crippen LogP contribution is 2.56. The fraction of sp³-hybridized carbons (Fsp3) is 0.0476. The quantitative estimate of drug-likeness (QED) is 0.114. The highest BCUT2D eigenvalue weighted by molar-refractivity contribution is 7.43. The summed E-state index contributed by atoms with van der Waals surface area (Å²) in [5.41, 5.74) is 5.28. The molecule has 12 rings (SSSR count). The summed E-state index contributed by atoms with van der Waals surface area (Å²) in [6, 6.07) is 74.8. The molecule has 0 saturated heterocycles. The third-order valence-electron chi connectivity index (χ3n) is 13.3. The zero-order valence-electron chi connectivity index (χ0n) is 38.7. The van der Waals surface area contributed by atoms with Crippen LogP contribution in [0.15, 0.2) is 218 Å². The minimum Gasteiger partial charge on any atom is -0.496 e. The molecule has 0 saturated carbocycles. The van der Waals surface area contributed by atoms with E-state index in [0.717, 1.165) is 98.0 Å². The maximum Gasteiger partial charge on any atom is 0.530 e. The summed E-state index contributed by atoms with van der Waals surface area (Å²) in [5.74, 6) is 3.83. The molecule has 6 nitrogen and oxygen atoms in total. The van der Waals surface area contributed by atoms with Crippen molar-refractivity contribution < 1.29 is 27.8 Å². The van der Waals surface area contributed by atoms with Crippen LogP contribution in [0.2, 0.25) is 0 Å². The number of fused-ring (bicyclic) bond motifs is 6. The SMILES string of the molecule is COc1ccc2ccccc2c1-c1c(OP(Oc2ccc3ccccc3c2-c2c(OC)ccc3ccccc23)Oc2ccc3ccccc3c2-c2c(OC)ccc3ccccc23)ccc2ccccc12. The molecule has 0 unspecified atom stereocenters. The van der Waals surface area contributed by atoms with Gasteiger partial charge in [0.25, 0.3) is 0 Å². The third-order valence-corrected chi connectivity index (χ3v) is 14.3. The van der Waals surface area contributed by atoms with Crippen LogP contribution in [0.1, 0.15) is 0 Å². The van der Waals surface area contributed by atoms with Crippen molar-refractivity contribution in [1.82, 2.24) is 0 Å². The van der Waals surface area contributed by atoms with Gasteiger partial charge in [-0.3, -0.25) is 0 Å². The van der Waals surface area contributed by atoms with Crippen LogP contribution >= 0.6 is 8.60 Å². The maximum absolute atomic E-state index is 7.46. The standard InChI is InChI=1S/C63H45O6P/c1-64-52-34-28-40-16-4-10-22-46(40)58(52)61-49-25-13-7-19-43(49)31-37-55(61)67-70(68-56-38-32-44-20-8-14-26-50(44)62(56)59-47-23-11-5-17-41(47)29-35-53(59)65-2)69-57-39-33-45-21-9-15-27-51(45)63(57)60-48-24-12-6-18-42(48)30-36-54(60)66-3/h4-39H,1-3H3. The Bertz CT molecular complexity index is 3570. The molecule has 0 fully saturated rings. The molecule has 0 aliphatic rings. The Morgan fingerprint density at radius 2 is 0.400 bits per heavy atom. The Kier molecular flexibility index (Phi) is 11.1. The number of methoxy groups -OCH3 is 3. The van der Waals surface area contributed by atoms with Gasteiger partial charge in [0.05, 0.1) is 21.3 Å². The first kappa shape index (κ1) is 42.8. The number of benzene rings is 12. The number of rotatable bonds is 12. The van der Waals surface area contributed by atoms with Gasteiger partial charge in [0.1, 0.15) is 34.5 Å². The van der Waals surface area contributed by atoms with Crippen molar-refractivity contribution in [2.45, 2.75) is 0 Å². The van der Waals surface area contributed by atoms with Gasteiger partial charge in [-0.05, 0) is 101 Å². The summed E-state index contributed by atoms with van der Waals surface area (Å²) in [5, 5.41) is 12.4. The fourth-order valence-corrected chi connectivity index (χ4v) is 11.1. The Hall–Kier alpha value is -8.57. The molecule has 12 aromatic carbocycles. The lowest BCUT2D eigenvalue weighted by atomic mass is 9.92. The van der Waals surface area contributed by atoms with Gasteiger partial charge in [-0.25, -0.2) is 0 Å². The summed E-state index contributed by atoms with van der Waals surface area (Å²) >= 11 is 0. The van der Waals surface area contributed by atoms with E-state index in [2.05, 4.69) is 182 Å². The normalized spacial score (nSPS) is 11.5. The van der Waals surface area contributed by atoms with Crippen molar-refractivity contribution in [2.75, 3.05) is 21.3 Å². The van der Waals surface area contributed by atoms with Crippen LogP contribution in [0.4, 0.5) is 0 Å². The van der Waals surface area contributed by atoms with Crippen molar-refractivity contribution >= 4 is 73.2 Å². The van der Waals surface area contributed by atoms with E-state index in [-0.39, 0.29) is 0 Å².